The molecule has 1 atom stereocenters. The number of anilines is 1. The van der Waals surface area contributed by atoms with Gasteiger partial charge in [0.05, 0.1) is 10.6 Å². The van der Waals surface area contributed by atoms with Gasteiger partial charge in [0.15, 0.2) is 0 Å². The molecule has 9 heteroatoms. The van der Waals surface area contributed by atoms with Gasteiger partial charge in [0.2, 0.25) is 11.8 Å². The van der Waals surface area contributed by atoms with Gasteiger partial charge < -0.3 is 10.2 Å². The zero-order valence-corrected chi connectivity index (χ0v) is 22.3. The normalized spacial score (nSPS) is 12.0. The lowest BCUT2D eigenvalue weighted by molar-refractivity contribution is -0.139. The van der Waals surface area contributed by atoms with Gasteiger partial charge in [-0.3, -0.25) is 13.9 Å². The zero-order chi connectivity index (χ0) is 27.2. The number of nitrogens with one attached hydrogen (secondary N) is 1. The molecule has 7 nitrogen and oxygen atoms in total. The molecule has 0 aliphatic rings. The molecule has 196 valence electrons. The Morgan fingerprint density at radius 3 is 2.22 bits per heavy atom. The number of nitrogens with zero attached hydrogens (tertiary/aromatic N) is 2. The van der Waals surface area contributed by atoms with Crippen molar-refractivity contribution in [1.29, 1.82) is 0 Å². The van der Waals surface area contributed by atoms with E-state index >= 15 is 0 Å². The third-order valence-corrected chi connectivity index (χ3v) is 7.99. The second-order valence-corrected chi connectivity index (χ2v) is 10.6. The maximum atomic E-state index is 14.5. The highest BCUT2D eigenvalue weighted by atomic mass is 32.2. The van der Waals surface area contributed by atoms with Gasteiger partial charge in [0, 0.05) is 18.7 Å². The summed E-state index contributed by atoms with van der Waals surface area (Å²) in [4.78, 5) is 27.7. The van der Waals surface area contributed by atoms with Crippen molar-refractivity contribution in [2.45, 2.75) is 45.2 Å². The van der Waals surface area contributed by atoms with Gasteiger partial charge in [-0.15, -0.1) is 0 Å². The highest BCUT2D eigenvalue weighted by Gasteiger charge is 2.32. The minimum atomic E-state index is -4.14. The molecule has 0 spiro atoms. The highest BCUT2D eigenvalue weighted by Crippen LogP contribution is 2.26. The fourth-order valence-corrected chi connectivity index (χ4v) is 5.27. The van der Waals surface area contributed by atoms with Crippen molar-refractivity contribution in [3.63, 3.8) is 0 Å². The molecule has 0 radical (unpaired) electrons. The summed E-state index contributed by atoms with van der Waals surface area (Å²) in [5, 5.41) is 2.68. The number of sulfonamides is 1. The van der Waals surface area contributed by atoms with Crippen LogP contribution in [-0.4, -0.2) is 44.3 Å². The van der Waals surface area contributed by atoms with E-state index in [9.17, 15) is 22.4 Å². The van der Waals surface area contributed by atoms with Crippen molar-refractivity contribution in [2.24, 2.45) is 0 Å². The average molecular weight is 526 g/mol. The molecule has 2 amide bonds. The van der Waals surface area contributed by atoms with Crippen LogP contribution in [0, 0.1) is 19.7 Å². The Morgan fingerprint density at radius 1 is 0.946 bits per heavy atom. The van der Waals surface area contributed by atoms with Crippen molar-refractivity contribution in [2.75, 3.05) is 17.4 Å². The van der Waals surface area contributed by atoms with Gasteiger partial charge >= 0.3 is 0 Å². The largest absolute Gasteiger partial charge is 0.355 e. The first-order valence-corrected chi connectivity index (χ1v) is 13.5. The van der Waals surface area contributed by atoms with Crippen molar-refractivity contribution in [3.05, 3.63) is 95.3 Å². The van der Waals surface area contributed by atoms with Crippen LogP contribution in [0.15, 0.2) is 77.7 Å². The van der Waals surface area contributed by atoms with E-state index in [1.165, 1.54) is 42.2 Å². The van der Waals surface area contributed by atoms with Crippen LogP contribution in [0.25, 0.3) is 0 Å². The number of carbonyl (C=O) groups is 2. The van der Waals surface area contributed by atoms with Crippen molar-refractivity contribution in [1.82, 2.24) is 10.2 Å². The van der Waals surface area contributed by atoms with Crippen molar-refractivity contribution < 1.29 is 22.4 Å². The van der Waals surface area contributed by atoms with E-state index in [1.54, 1.807) is 49.4 Å². The fraction of sp³-hybridized carbons (Fsp3) is 0.286. The molecule has 0 aliphatic heterocycles. The summed E-state index contributed by atoms with van der Waals surface area (Å²) in [7, 11) is -4.14. The summed E-state index contributed by atoms with van der Waals surface area (Å²) in [6.45, 7) is 6.63. The van der Waals surface area contributed by atoms with Crippen molar-refractivity contribution in [3.8, 4) is 0 Å². The Labute approximate surface area is 218 Å². The fourth-order valence-electron chi connectivity index (χ4n) is 3.84. The molecule has 0 saturated heterocycles. The van der Waals surface area contributed by atoms with Crippen molar-refractivity contribution >= 4 is 27.5 Å². The second kappa shape index (κ2) is 12.0. The Kier molecular flexibility index (Phi) is 9.04. The number of rotatable bonds is 10. The minimum absolute atomic E-state index is 0.0263. The molecular weight excluding hydrogens is 493 g/mol. The molecule has 0 saturated carbocycles. The first kappa shape index (κ1) is 27.9. The maximum absolute atomic E-state index is 14.5. The topological polar surface area (TPSA) is 86.8 Å². The number of amides is 2. The second-order valence-electron chi connectivity index (χ2n) is 8.78. The van der Waals surface area contributed by atoms with E-state index in [4.69, 9.17) is 0 Å². The van der Waals surface area contributed by atoms with Gasteiger partial charge in [0.1, 0.15) is 18.4 Å². The lowest BCUT2D eigenvalue weighted by Crippen LogP contribution is -2.51. The number of carbonyl (C=O) groups excluding carboxylic acids is 2. The summed E-state index contributed by atoms with van der Waals surface area (Å²) in [6.07, 6.45) is 0. The number of benzene rings is 3. The summed E-state index contributed by atoms with van der Waals surface area (Å²) in [5.74, 6) is -1.58. The SMILES string of the molecule is CCNC(=O)C(C)N(Cc1ccccc1F)C(=O)CN(c1ccc(C)c(C)c1)S(=O)(=O)c1ccccc1. The van der Waals surface area contributed by atoms with Crippen LogP contribution in [0.5, 0.6) is 0 Å². The maximum Gasteiger partial charge on any atom is 0.264 e. The molecule has 3 rings (SSSR count). The molecule has 0 aliphatic carbocycles. The lowest BCUT2D eigenvalue weighted by Gasteiger charge is -2.32. The summed E-state index contributed by atoms with van der Waals surface area (Å²) < 4.78 is 43.0. The monoisotopic (exact) mass is 525 g/mol. The number of halogens is 1. The molecule has 3 aromatic rings. The standard InChI is InChI=1S/C28H32FN3O4S/c1-5-30-28(34)22(4)31(18-23-11-9-10-14-26(23)29)27(33)19-32(24-16-15-20(2)21(3)17-24)37(35,36)25-12-7-6-8-13-25/h6-17,22H,5,18-19H2,1-4H3,(H,30,34). The average Bonchev–Trinajstić information content (AvgIpc) is 2.88. The van der Waals surface area contributed by atoms with Crippen LogP contribution in [0.4, 0.5) is 10.1 Å². The molecule has 1 unspecified atom stereocenters. The molecule has 0 heterocycles. The molecule has 0 bridgehead atoms. The van der Waals surface area contributed by atoms with Gasteiger partial charge in [-0.1, -0.05) is 42.5 Å². The zero-order valence-electron chi connectivity index (χ0n) is 21.4. The van der Waals surface area contributed by atoms with Crippen LogP contribution in [0.3, 0.4) is 0 Å². The lowest BCUT2D eigenvalue weighted by atomic mass is 10.1. The first-order chi connectivity index (χ1) is 17.6. The molecule has 37 heavy (non-hydrogen) atoms. The van der Waals surface area contributed by atoms with Crippen LogP contribution >= 0.6 is 0 Å². The van der Waals surface area contributed by atoms with Crippen LogP contribution < -0.4 is 9.62 Å². The van der Waals surface area contributed by atoms with Crippen LogP contribution in [0.2, 0.25) is 0 Å². The number of hydrogen-bond donors (Lipinski definition) is 1. The smallest absolute Gasteiger partial charge is 0.264 e. The molecule has 3 aromatic carbocycles. The predicted molar refractivity (Wildman–Crippen MR) is 142 cm³/mol. The Balaban J connectivity index is 2.05. The van der Waals surface area contributed by atoms with E-state index in [-0.39, 0.29) is 17.0 Å². The Morgan fingerprint density at radius 2 is 1.59 bits per heavy atom. The summed E-state index contributed by atoms with van der Waals surface area (Å²) >= 11 is 0. The van der Waals surface area contributed by atoms with E-state index in [0.717, 1.165) is 15.4 Å². The Hall–Kier alpha value is -3.72. The first-order valence-electron chi connectivity index (χ1n) is 12.0. The number of aryl methyl sites for hydroxylation is 2. The molecule has 1 N–H and O–H groups in total. The molecule has 0 fully saturated rings. The summed E-state index contributed by atoms with van der Waals surface area (Å²) in [5.41, 5.74) is 2.36. The van der Waals surface area contributed by atoms with E-state index < -0.39 is 40.2 Å². The quantitative estimate of drug-likeness (QED) is 0.430. The van der Waals surface area contributed by atoms with Crippen LogP contribution in [-0.2, 0) is 26.2 Å². The highest BCUT2D eigenvalue weighted by molar-refractivity contribution is 7.92. The van der Waals surface area contributed by atoms with E-state index in [0.29, 0.717) is 12.2 Å². The Bertz CT molecular complexity index is 1360. The third-order valence-electron chi connectivity index (χ3n) is 6.21. The summed E-state index contributed by atoms with van der Waals surface area (Å²) in [6, 6.07) is 18.0. The predicted octanol–water partition coefficient (Wildman–Crippen LogP) is 4.19. The number of likely N-dealkylation sites (N-methyl/N-ethyl adjacent to an activating group) is 1. The minimum Gasteiger partial charge on any atom is -0.355 e. The van der Waals surface area contributed by atoms with Gasteiger partial charge in [-0.2, -0.15) is 0 Å². The van der Waals surface area contributed by atoms with Crippen LogP contribution in [0.1, 0.15) is 30.5 Å². The number of hydrogen-bond acceptors (Lipinski definition) is 4. The molecular formula is C28H32FN3O4S. The van der Waals surface area contributed by atoms with Gasteiger partial charge in [-0.05, 0) is 69.2 Å². The molecule has 0 aromatic heterocycles. The van der Waals surface area contributed by atoms with Gasteiger partial charge in [-0.25, -0.2) is 12.8 Å². The van der Waals surface area contributed by atoms with E-state index in [2.05, 4.69) is 5.32 Å². The van der Waals surface area contributed by atoms with E-state index in [1.807, 2.05) is 13.8 Å². The van der Waals surface area contributed by atoms with Gasteiger partial charge in [0.25, 0.3) is 10.0 Å². The third kappa shape index (κ3) is 6.54.